The van der Waals surface area contributed by atoms with E-state index in [2.05, 4.69) is 39.4 Å². The van der Waals surface area contributed by atoms with E-state index < -0.39 is 11.4 Å². The normalized spacial score (nSPS) is 25.4. The molecule has 1 aliphatic carbocycles. The Morgan fingerprint density at radius 2 is 2.14 bits per heavy atom. The first-order chi connectivity index (χ1) is 17.2. The lowest BCUT2D eigenvalue weighted by Crippen LogP contribution is -2.35. The largest absolute Gasteiger partial charge is 0.481 e. The van der Waals surface area contributed by atoms with Crippen LogP contribution in [0.25, 0.3) is 0 Å². The maximum atomic E-state index is 14.1. The number of carboxylic acid groups (broad SMARTS) is 1. The fraction of sp³-hybridized carbons (Fsp3) is 0.423. The third-order valence-corrected chi connectivity index (χ3v) is 7.89. The van der Waals surface area contributed by atoms with Crippen LogP contribution in [-0.4, -0.2) is 52.7 Å². The third-order valence-electron chi connectivity index (χ3n) is 7.63. The molecule has 6 rings (SSSR count). The number of likely N-dealkylation sites (N-methyl/N-ethyl adjacent to an activating group) is 1. The number of ether oxygens (including phenoxy) is 1. The lowest BCUT2D eigenvalue weighted by molar-refractivity contribution is -0.144. The van der Waals surface area contributed by atoms with Crippen molar-refractivity contribution in [2.45, 2.75) is 38.8 Å². The van der Waals surface area contributed by atoms with E-state index in [0.29, 0.717) is 41.3 Å². The fourth-order valence-corrected chi connectivity index (χ4v) is 6.15. The minimum atomic E-state index is -1.27. The van der Waals surface area contributed by atoms with Crippen LogP contribution < -0.4 is 10.2 Å². The van der Waals surface area contributed by atoms with Crippen LogP contribution in [0.4, 0.5) is 21.8 Å². The quantitative estimate of drug-likeness (QED) is 0.608. The van der Waals surface area contributed by atoms with Crippen LogP contribution in [0.3, 0.4) is 0 Å². The fourth-order valence-electron chi connectivity index (χ4n) is 5.96. The summed E-state index contributed by atoms with van der Waals surface area (Å²) in [4.78, 5) is 25.3. The zero-order chi connectivity index (χ0) is 25.2. The molecule has 36 heavy (non-hydrogen) atoms. The Bertz CT molecular complexity index is 1350. The Kier molecular flexibility index (Phi) is 5.55. The van der Waals surface area contributed by atoms with Crippen molar-refractivity contribution >= 4 is 35.0 Å². The maximum absolute atomic E-state index is 14.1. The SMILES string of the molecule is CN1Cc2cc(Nc3ncc(Cl)c(N4CC(C)(C(=O)O)C5=C4CCC(F)=C5)n3)cc3c2C(COC3)C1. The molecule has 2 unspecified atom stereocenters. The Balaban J connectivity index is 1.35. The number of allylic oxidation sites excluding steroid dienone is 3. The first-order valence-electron chi connectivity index (χ1n) is 12.0. The van der Waals surface area contributed by atoms with Gasteiger partial charge in [-0.1, -0.05) is 11.6 Å². The number of carboxylic acids is 1. The molecule has 188 valence electrons. The number of hydrogen-bond acceptors (Lipinski definition) is 7. The molecule has 2 atom stereocenters. The van der Waals surface area contributed by atoms with Crippen molar-refractivity contribution in [2.24, 2.45) is 5.41 Å². The molecule has 8 nitrogen and oxygen atoms in total. The second-order valence-electron chi connectivity index (χ2n) is 10.3. The van der Waals surface area contributed by atoms with E-state index in [-0.39, 0.29) is 18.8 Å². The number of aliphatic carboxylic acids is 1. The lowest BCUT2D eigenvalue weighted by atomic mass is 9.81. The molecule has 0 saturated heterocycles. The highest BCUT2D eigenvalue weighted by Gasteiger charge is 2.48. The smallest absolute Gasteiger partial charge is 0.315 e. The molecule has 0 spiro atoms. The number of anilines is 3. The van der Waals surface area contributed by atoms with Crippen LogP contribution in [0.5, 0.6) is 0 Å². The van der Waals surface area contributed by atoms with Crippen molar-refractivity contribution < 1.29 is 19.0 Å². The van der Waals surface area contributed by atoms with Crippen molar-refractivity contribution in [1.82, 2.24) is 14.9 Å². The molecule has 0 amide bonds. The molecular formula is C26H27ClFN5O3. The number of benzene rings is 1. The van der Waals surface area contributed by atoms with Gasteiger partial charge in [-0.05, 0) is 60.9 Å². The minimum absolute atomic E-state index is 0.112. The van der Waals surface area contributed by atoms with Gasteiger partial charge in [-0.2, -0.15) is 4.98 Å². The molecule has 3 aliphatic heterocycles. The monoisotopic (exact) mass is 511 g/mol. The van der Waals surface area contributed by atoms with Crippen LogP contribution >= 0.6 is 11.6 Å². The third kappa shape index (κ3) is 3.77. The van der Waals surface area contributed by atoms with Gasteiger partial charge in [0.25, 0.3) is 0 Å². The molecule has 2 N–H and O–H groups in total. The summed E-state index contributed by atoms with van der Waals surface area (Å²) < 4.78 is 20.0. The van der Waals surface area contributed by atoms with Crippen molar-refractivity contribution in [3.63, 3.8) is 0 Å². The van der Waals surface area contributed by atoms with Crippen LogP contribution in [0.1, 0.15) is 42.4 Å². The van der Waals surface area contributed by atoms with Gasteiger partial charge in [0, 0.05) is 43.4 Å². The lowest BCUT2D eigenvalue weighted by Gasteiger charge is -2.37. The van der Waals surface area contributed by atoms with E-state index in [9.17, 15) is 14.3 Å². The summed E-state index contributed by atoms with van der Waals surface area (Å²) in [6.07, 6.45) is 3.46. The highest BCUT2D eigenvalue weighted by Crippen LogP contribution is 2.48. The topological polar surface area (TPSA) is 90.8 Å². The van der Waals surface area contributed by atoms with Gasteiger partial charge < -0.3 is 25.0 Å². The molecule has 0 saturated carbocycles. The van der Waals surface area contributed by atoms with Gasteiger partial charge in [0.15, 0.2) is 5.82 Å². The van der Waals surface area contributed by atoms with E-state index in [4.69, 9.17) is 16.3 Å². The summed E-state index contributed by atoms with van der Waals surface area (Å²) >= 11 is 6.52. The molecule has 1 aromatic carbocycles. The number of nitrogens with one attached hydrogen (secondary N) is 1. The molecular weight excluding hydrogens is 485 g/mol. The maximum Gasteiger partial charge on any atom is 0.315 e. The molecule has 0 fully saturated rings. The van der Waals surface area contributed by atoms with Gasteiger partial charge in [0.2, 0.25) is 5.95 Å². The highest BCUT2D eigenvalue weighted by molar-refractivity contribution is 6.33. The van der Waals surface area contributed by atoms with Gasteiger partial charge >= 0.3 is 5.97 Å². The Morgan fingerprint density at radius 3 is 2.94 bits per heavy atom. The van der Waals surface area contributed by atoms with Gasteiger partial charge in [0.05, 0.1) is 19.4 Å². The van der Waals surface area contributed by atoms with Gasteiger partial charge in [-0.25, -0.2) is 9.37 Å². The molecule has 4 heterocycles. The summed E-state index contributed by atoms with van der Waals surface area (Å²) in [6, 6.07) is 4.22. The summed E-state index contributed by atoms with van der Waals surface area (Å²) in [7, 11) is 2.11. The van der Waals surface area contributed by atoms with Crippen molar-refractivity contribution in [3.05, 3.63) is 63.2 Å². The second kappa shape index (κ2) is 8.54. The van der Waals surface area contributed by atoms with E-state index in [1.807, 2.05) is 0 Å². The summed E-state index contributed by atoms with van der Waals surface area (Å²) in [6.45, 7) is 4.89. The van der Waals surface area contributed by atoms with Crippen molar-refractivity contribution in [2.75, 3.05) is 37.0 Å². The molecule has 4 aliphatic rings. The Labute approximate surface area is 213 Å². The van der Waals surface area contributed by atoms with E-state index in [1.54, 1.807) is 11.8 Å². The van der Waals surface area contributed by atoms with Crippen molar-refractivity contribution in [1.29, 1.82) is 0 Å². The molecule has 1 aromatic heterocycles. The molecule has 0 bridgehead atoms. The molecule has 2 aromatic rings. The number of carbonyl (C=O) groups is 1. The number of aromatic nitrogens is 2. The summed E-state index contributed by atoms with van der Waals surface area (Å²) in [5, 5.41) is 13.6. The van der Waals surface area contributed by atoms with E-state index in [1.165, 1.54) is 29.0 Å². The highest BCUT2D eigenvalue weighted by atomic mass is 35.5. The van der Waals surface area contributed by atoms with Gasteiger partial charge in [-0.3, -0.25) is 4.79 Å². The van der Waals surface area contributed by atoms with Gasteiger partial charge in [-0.15, -0.1) is 0 Å². The number of hydrogen-bond donors (Lipinski definition) is 2. The molecule has 0 radical (unpaired) electrons. The van der Waals surface area contributed by atoms with Crippen LogP contribution in [0.2, 0.25) is 5.02 Å². The van der Waals surface area contributed by atoms with Gasteiger partial charge in [0.1, 0.15) is 16.3 Å². The van der Waals surface area contributed by atoms with Crippen molar-refractivity contribution in [3.8, 4) is 0 Å². The average molecular weight is 512 g/mol. The van der Waals surface area contributed by atoms with Crippen LogP contribution in [0, 0.1) is 5.41 Å². The first-order valence-corrected chi connectivity index (χ1v) is 12.4. The molecule has 10 heteroatoms. The minimum Gasteiger partial charge on any atom is -0.481 e. The van der Waals surface area contributed by atoms with E-state index >= 15 is 0 Å². The number of halogens is 2. The predicted molar refractivity (Wildman–Crippen MR) is 134 cm³/mol. The summed E-state index contributed by atoms with van der Waals surface area (Å²) in [5.41, 5.74) is 4.64. The summed E-state index contributed by atoms with van der Waals surface area (Å²) in [5.74, 6) is -0.189. The average Bonchev–Trinajstić information content (AvgIpc) is 3.13. The van der Waals surface area contributed by atoms with Crippen LogP contribution in [-0.2, 0) is 22.7 Å². The zero-order valence-corrected chi connectivity index (χ0v) is 20.9. The number of nitrogens with zero attached hydrogens (tertiary/aromatic N) is 4. The van der Waals surface area contributed by atoms with E-state index in [0.717, 1.165) is 31.1 Å². The number of rotatable bonds is 4. The zero-order valence-electron chi connectivity index (χ0n) is 20.1. The first kappa shape index (κ1) is 23.4. The van der Waals surface area contributed by atoms with Crippen LogP contribution in [0.15, 0.2) is 41.5 Å². The Hall–Kier alpha value is -3.01. The standard InChI is InChI=1S/C26H27ClFN5O3/c1-26(24(34)35)13-33(21-4-3-17(28)7-19(21)26)23-20(27)8-29-25(31-23)30-18-5-14-9-32(2)10-16-12-36-11-15(6-18)22(14)16/h5-8,16H,3-4,9-13H2,1-2H3,(H,34,35)(H,29,30,31). The second-order valence-corrected chi connectivity index (χ2v) is 10.7. The Morgan fingerprint density at radius 1 is 1.33 bits per heavy atom. The predicted octanol–water partition coefficient (Wildman–Crippen LogP) is 4.75.